The van der Waals surface area contributed by atoms with Gasteiger partial charge in [-0.15, -0.1) is 11.6 Å². The highest BCUT2D eigenvalue weighted by molar-refractivity contribution is 6.22. The molecular formula is C36H34ClFN2O5. The van der Waals surface area contributed by atoms with Crippen molar-refractivity contribution in [3.63, 3.8) is 0 Å². The number of fused-ring (bicyclic) bond motifs is 1. The summed E-state index contributed by atoms with van der Waals surface area (Å²) < 4.78 is 28.0. The molecule has 1 amide bonds. The SMILES string of the molecule is CC1(C)CC(=O)C2=C(C1)Nc1c(O)cccc1N(C(=O)COC1=CCC(Cl)C=C1)C2c1ccc(OCc2ccccc2)cc1F. The minimum atomic E-state index is -1.14. The molecule has 2 N–H and O–H groups in total. The number of phenols is 1. The lowest BCUT2D eigenvalue weighted by Crippen LogP contribution is -2.41. The molecule has 2 unspecified atom stereocenters. The minimum Gasteiger partial charge on any atom is -0.506 e. The number of aromatic hydroxyl groups is 1. The van der Waals surface area contributed by atoms with Gasteiger partial charge in [0.15, 0.2) is 12.4 Å². The van der Waals surface area contributed by atoms with Crippen molar-refractivity contribution in [1.29, 1.82) is 0 Å². The Morgan fingerprint density at radius 2 is 1.89 bits per heavy atom. The molecule has 0 radical (unpaired) electrons. The van der Waals surface area contributed by atoms with Gasteiger partial charge in [0, 0.05) is 29.3 Å². The molecular weight excluding hydrogens is 595 g/mol. The zero-order valence-electron chi connectivity index (χ0n) is 25.1. The molecule has 0 bridgehead atoms. The van der Waals surface area contributed by atoms with Gasteiger partial charge in [-0.1, -0.05) is 56.3 Å². The van der Waals surface area contributed by atoms with E-state index in [1.165, 1.54) is 17.0 Å². The van der Waals surface area contributed by atoms with Crippen LogP contribution in [0.5, 0.6) is 11.5 Å². The van der Waals surface area contributed by atoms with Crippen molar-refractivity contribution in [3.05, 3.63) is 119 Å². The maximum Gasteiger partial charge on any atom is 0.265 e. The van der Waals surface area contributed by atoms with Gasteiger partial charge in [-0.2, -0.15) is 0 Å². The smallest absolute Gasteiger partial charge is 0.265 e. The van der Waals surface area contributed by atoms with E-state index in [1.54, 1.807) is 42.5 Å². The van der Waals surface area contributed by atoms with Gasteiger partial charge in [-0.3, -0.25) is 14.5 Å². The maximum absolute atomic E-state index is 16.3. The van der Waals surface area contributed by atoms with Gasteiger partial charge in [0.05, 0.1) is 17.1 Å². The number of hydrogen-bond donors (Lipinski definition) is 2. The zero-order chi connectivity index (χ0) is 31.7. The summed E-state index contributed by atoms with van der Waals surface area (Å²) in [5, 5.41) is 14.1. The third kappa shape index (κ3) is 6.47. The van der Waals surface area contributed by atoms with E-state index < -0.39 is 29.8 Å². The summed E-state index contributed by atoms with van der Waals surface area (Å²) in [6.45, 7) is 3.82. The van der Waals surface area contributed by atoms with Gasteiger partial charge in [-0.05, 0) is 60.2 Å². The standard InChI is InChI=1S/C36H34ClFN2O5/c1-36(2)18-28-33(31(42)19-36)35(26-16-15-25(17-27(26)38)44-20-22-7-4-3-5-8-22)40(29-9-6-10-30(41)34(29)39-28)32(43)21-45-24-13-11-23(37)12-14-24/h3-11,13-17,23,35,39,41H,12,18-21H2,1-2H3. The molecule has 2 atom stereocenters. The Morgan fingerprint density at radius 1 is 1.09 bits per heavy atom. The number of nitrogens with one attached hydrogen (secondary N) is 1. The number of nitrogens with zero attached hydrogens (tertiary/aromatic N) is 1. The average Bonchev–Trinajstić information content (AvgIpc) is 3.15. The molecule has 3 aliphatic rings. The molecule has 2 aliphatic carbocycles. The molecule has 0 aromatic heterocycles. The van der Waals surface area contributed by atoms with E-state index in [2.05, 4.69) is 5.32 Å². The first-order valence-electron chi connectivity index (χ1n) is 14.9. The van der Waals surface area contributed by atoms with Crippen LogP contribution in [-0.4, -0.2) is 28.8 Å². The molecule has 0 fully saturated rings. The van der Waals surface area contributed by atoms with Crippen molar-refractivity contribution >= 4 is 34.7 Å². The molecule has 232 valence electrons. The number of ether oxygens (including phenoxy) is 2. The summed E-state index contributed by atoms with van der Waals surface area (Å²) >= 11 is 6.14. The van der Waals surface area contributed by atoms with Crippen LogP contribution in [0.25, 0.3) is 0 Å². The van der Waals surface area contributed by atoms with E-state index in [1.807, 2.05) is 44.2 Å². The first kappa shape index (κ1) is 30.5. The van der Waals surface area contributed by atoms with Gasteiger partial charge in [-0.25, -0.2) is 4.39 Å². The normalized spacial score (nSPS) is 20.4. The van der Waals surface area contributed by atoms with Crippen LogP contribution in [0.2, 0.25) is 0 Å². The topological polar surface area (TPSA) is 88.1 Å². The number of rotatable bonds is 7. The quantitative estimate of drug-likeness (QED) is 0.206. The van der Waals surface area contributed by atoms with E-state index >= 15 is 4.39 Å². The Hall–Kier alpha value is -4.56. The number of Topliss-reactive ketones (excluding diaryl/α,β-unsaturated/α-hetero) is 1. The maximum atomic E-state index is 16.3. The fourth-order valence-corrected chi connectivity index (χ4v) is 6.23. The van der Waals surface area contributed by atoms with Crippen LogP contribution >= 0.6 is 11.6 Å². The lowest BCUT2D eigenvalue weighted by molar-refractivity contribution is -0.122. The van der Waals surface area contributed by atoms with Crippen molar-refractivity contribution in [2.45, 2.75) is 51.1 Å². The number of ketones is 1. The second kappa shape index (κ2) is 12.4. The van der Waals surface area contributed by atoms with Gasteiger partial charge in [0.1, 0.15) is 35.4 Å². The Kier molecular flexibility index (Phi) is 8.42. The first-order chi connectivity index (χ1) is 21.6. The third-order valence-corrected chi connectivity index (χ3v) is 8.49. The summed E-state index contributed by atoms with van der Waals surface area (Å²) in [6.07, 6.45) is 6.50. The Morgan fingerprint density at radius 3 is 2.62 bits per heavy atom. The highest BCUT2D eigenvalue weighted by Crippen LogP contribution is 2.50. The van der Waals surface area contributed by atoms with Gasteiger partial charge < -0.3 is 19.9 Å². The van der Waals surface area contributed by atoms with Crippen LogP contribution in [-0.2, 0) is 20.9 Å². The number of alkyl halides is 1. The Labute approximate surface area is 266 Å². The molecule has 3 aromatic carbocycles. The molecule has 7 nitrogen and oxygen atoms in total. The number of allylic oxidation sites excluding steroid dienone is 4. The number of anilines is 2. The Balaban J connectivity index is 1.44. The van der Waals surface area contributed by atoms with Crippen LogP contribution in [0.4, 0.5) is 15.8 Å². The fraction of sp³-hybridized carbons (Fsp3) is 0.278. The van der Waals surface area contributed by atoms with Crippen molar-refractivity contribution in [2.24, 2.45) is 5.41 Å². The second-order valence-electron chi connectivity index (χ2n) is 12.3. The summed E-state index contributed by atoms with van der Waals surface area (Å²) in [5.41, 5.74) is 2.03. The summed E-state index contributed by atoms with van der Waals surface area (Å²) in [5.74, 6) is -0.674. The molecule has 45 heavy (non-hydrogen) atoms. The predicted molar refractivity (Wildman–Crippen MR) is 172 cm³/mol. The third-order valence-electron chi connectivity index (χ3n) is 8.17. The van der Waals surface area contributed by atoms with E-state index in [0.717, 1.165) is 5.56 Å². The van der Waals surface area contributed by atoms with Gasteiger partial charge >= 0.3 is 0 Å². The summed E-state index contributed by atoms with van der Waals surface area (Å²) in [6, 6.07) is 17.6. The monoisotopic (exact) mass is 628 g/mol. The molecule has 1 heterocycles. The largest absolute Gasteiger partial charge is 0.506 e. The molecule has 0 saturated heterocycles. The van der Waals surface area contributed by atoms with Crippen molar-refractivity contribution in [3.8, 4) is 11.5 Å². The number of para-hydroxylation sites is 1. The van der Waals surface area contributed by atoms with Crippen molar-refractivity contribution in [1.82, 2.24) is 0 Å². The van der Waals surface area contributed by atoms with Gasteiger partial charge in [0.2, 0.25) is 0 Å². The first-order valence-corrected chi connectivity index (χ1v) is 15.3. The van der Waals surface area contributed by atoms with Crippen LogP contribution in [0, 0.1) is 11.2 Å². The average molecular weight is 629 g/mol. The molecule has 0 spiro atoms. The molecule has 6 rings (SSSR count). The van der Waals surface area contributed by atoms with E-state index in [9.17, 15) is 14.7 Å². The van der Waals surface area contributed by atoms with Crippen molar-refractivity contribution in [2.75, 3.05) is 16.8 Å². The minimum absolute atomic E-state index is 0.106. The predicted octanol–water partition coefficient (Wildman–Crippen LogP) is 7.72. The van der Waals surface area contributed by atoms with Crippen LogP contribution in [0.3, 0.4) is 0 Å². The molecule has 0 saturated carbocycles. The summed E-state index contributed by atoms with van der Waals surface area (Å²) in [4.78, 5) is 29.5. The molecule has 1 aliphatic heterocycles. The number of amides is 1. The zero-order valence-corrected chi connectivity index (χ0v) is 25.8. The Bertz CT molecular complexity index is 1730. The van der Waals surface area contributed by atoms with Crippen LogP contribution in [0.15, 0.2) is 102 Å². The second-order valence-corrected chi connectivity index (χ2v) is 12.8. The van der Waals surface area contributed by atoms with E-state index in [0.29, 0.717) is 35.7 Å². The molecule has 9 heteroatoms. The number of halogens is 2. The highest BCUT2D eigenvalue weighted by Gasteiger charge is 2.44. The van der Waals surface area contributed by atoms with E-state index in [4.69, 9.17) is 21.1 Å². The van der Waals surface area contributed by atoms with Crippen LogP contribution < -0.4 is 15.0 Å². The van der Waals surface area contributed by atoms with Crippen molar-refractivity contribution < 1.29 is 28.6 Å². The van der Waals surface area contributed by atoms with Gasteiger partial charge in [0.25, 0.3) is 5.91 Å². The highest BCUT2D eigenvalue weighted by atomic mass is 35.5. The number of benzene rings is 3. The number of phenolic OH excluding ortho intramolecular Hbond substituents is 1. The number of hydrogen-bond acceptors (Lipinski definition) is 6. The fourth-order valence-electron chi connectivity index (χ4n) is 6.07. The van der Waals surface area contributed by atoms with Crippen LogP contribution in [0.1, 0.15) is 50.3 Å². The summed E-state index contributed by atoms with van der Waals surface area (Å²) in [7, 11) is 0. The van der Waals surface area contributed by atoms with E-state index in [-0.39, 0.29) is 46.8 Å². The lowest BCUT2D eigenvalue weighted by Gasteiger charge is -2.37. The molecule has 3 aromatic rings. The number of carbonyl (C=O) groups is 2. The lowest BCUT2D eigenvalue weighted by atomic mass is 9.73. The number of carbonyl (C=O) groups excluding carboxylic acids is 2.